The summed E-state index contributed by atoms with van der Waals surface area (Å²) in [6.07, 6.45) is 5.78. The fraction of sp³-hybridized carbons (Fsp3) is 0.450. The molecular formula is C20H25NO2. The number of esters is 1. The lowest BCUT2D eigenvalue weighted by molar-refractivity contribution is 0.0600. The second kappa shape index (κ2) is 5.64. The molecule has 1 unspecified atom stereocenters. The molecular weight excluding hydrogens is 286 g/mol. The van der Waals surface area contributed by atoms with E-state index in [-0.39, 0.29) is 16.8 Å². The van der Waals surface area contributed by atoms with Crippen molar-refractivity contribution in [1.82, 2.24) is 5.32 Å². The summed E-state index contributed by atoms with van der Waals surface area (Å²) < 4.78 is 4.78. The monoisotopic (exact) mass is 311 g/mol. The van der Waals surface area contributed by atoms with Crippen LogP contribution in [0.3, 0.4) is 0 Å². The van der Waals surface area contributed by atoms with Crippen LogP contribution in [-0.2, 0) is 4.74 Å². The minimum Gasteiger partial charge on any atom is -0.465 e. The first-order valence-electron chi connectivity index (χ1n) is 8.20. The van der Waals surface area contributed by atoms with Gasteiger partial charge in [-0.2, -0.15) is 0 Å². The lowest BCUT2D eigenvalue weighted by Crippen LogP contribution is -2.44. The summed E-state index contributed by atoms with van der Waals surface area (Å²) in [6.45, 7) is 8.94. The zero-order valence-corrected chi connectivity index (χ0v) is 14.4. The third kappa shape index (κ3) is 2.63. The predicted octanol–water partition coefficient (Wildman–Crippen LogP) is 3.82. The number of rotatable bonds is 2. The Morgan fingerprint density at radius 3 is 2.48 bits per heavy atom. The van der Waals surface area contributed by atoms with Crippen LogP contribution in [-0.4, -0.2) is 26.2 Å². The minimum absolute atomic E-state index is 0.00187. The van der Waals surface area contributed by atoms with E-state index in [1.54, 1.807) is 0 Å². The molecule has 0 bridgehead atoms. The summed E-state index contributed by atoms with van der Waals surface area (Å²) in [7, 11) is 1.41. The molecule has 0 radical (unpaired) electrons. The Kier molecular flexibility index (Phi) is 3.93. The van der Waals surface area contributed by atoms with E-state index in [9.17, 15) is 4.79 Å². The van der Waals surface area contributed by atoms with Crippen molar-refractivity contribution >= 4 is 11.5 Å². The van der Waals surface area contributed by atoms with E-state index in [1.807, 2.05) is 24.3 Å². The molecule has 122 valence electrons. The van der Waals surface area contributed by atoms with E-state index in [0.29, 0.717) is 5.56 Å². The number of carbonyl (C=O) groups excluding carboxylic acids is 1. The summed E-state index contributed by atoms with van der Waals surface area (Å²) in [6, 6.07) is 7.76. The van der Waals surface area contributed by atoms with Crippen LogP contribution in [0.4, 0.5) is 0 Å². The highest BCUT2D eigenvalue weighted by Crippen LogP contribution is 2.54. The third-order valence-electron chi connectivity index (χ3n) is 5.34. The fourth-order valence-corrected chi connectivity index (χ4v) is 4.17. The van der Waals surface area contributed by atoms with Crippen molar-refractivity contribution in [1.29, 1.82) is 0 Å². The maximum Gasteiger partial charge on any atom is 0.337 e. The quantitative estimate of drug-likeness (QED) is 0.666. The van der Waals surface area contributed by atoms with Gasteiger partial charge in [0.25, 0.3) is 0 Å². The molecule has 3 heteroatoms. The molecule has 1 atom stereocenters. The number of benzene rings is 1. The van der Waals surface area contributed by atoms with Crippen molar-refractivity contribution in [3.63, 3.8) is 0 Å². The molecule has 23 heavy (non-hydrogen) atoms. The van der Waals surface area contributed by atoms with Gasteiger partial charge in [0, 0.05) is 23.9 Å². The van der Waals surface area contributed by atoms with Gasteiger partial charge < -0.3 is 10.1 Å². The maximum atomic E-state index is 11.6. The molecule has 0 saturated carbocycles. The largest absolute Gasteiger partial charge is 0.465 e. The number of hydrogen-bond donors (Lipinski definition) is 1. The highest BCUT2D eigenvalue weighted by atomic mass is 16.5. The molecule has 0 spiro atoms. The Morgan fingerprint density at radius 1 is 1.13 bits per heavy atom. The molecule has 1 aliphatic heterocycles. The zero-order chi connectivity index (χ0) is 16.7. The third-order valence-corrected chi connectivity index (χ3v) is 5.34. The molecule has 1 aliphatic carbocycles. The highest BCUT2D eigenvalue weighted by molar-refractivity contribution is 5.90. The van der Waals surface area contributed by atoms with Crippen molar-refractivity contribution in [3.8, 4) is 0 Å². The number of ether oxygens (including phenoxy) is 1. The molecule has 0 aromatic heterocycles. The first-order valence-corrected chi connectivity index (χ1v) is 8.20. The van der Waals surface area contributed by atoms with Crippen LogP contribution in [0.25, 0.3) is 5.57 Å². The Balaban J connectivity index is 1.98. The van der Waals surface area contributed by atoms with Gasteiger partial charge in [-0.25, -0.2) is 4.79 Å². The molecule has 1 N–H and O–H groups in total. The number of allylic oxidation sites excluding steroid dienone is 2. The molecule has 1 heterocycles. The van der Waals surface area contributed by atoms with Gasteiger partial charge in [-0.3, -0.25) is 0 Å². The summed E-state index contributed by atoms with van der Waals surface area (Å²) in [4.78, 5) is 11.6. The number of carbonyl (C=O) groups is 1. The molecule has 3 rings (SSSR count). The van der Waals surface area contributed by atoms with E-state index >= 15 is 0 Å². The van der Waals surface area contributed by atoms with Crippen molar-refractivity contribution in [2.24, 2.45) is 10.8 Å². The number of nitrogens with one attached hydrogen (secondary N) is 1. The molecule has 1 aromatic rings. The van der Waals surface area contributed by atoms with Gasteiger partial charge in [0.1, 0.15) is 0 Å². The van der Waals surface area contributed by atoms with Crippen molar-refractivity contribution in [3.05, 3.63) is 53.1 Å². The number of hydrogen-bond acceptors (Lipinski definition) is 3. The van der Waals surface area contributed by atoms with Crippen LogP contribution in [0.15, 0.2) is 42.0 Å². The highest BCUT2D eigenvalue weighted by Gasteiger charge is 2.44. The topological polar surface area (TPSA) is 38.3 Å². The summed E-state index contributed by atoms with van der Waals surface area (Å²) in [5.74, 6) is -0.290. The second-order valence-electron chi connectivity index (χ2n) is 7.33. The average Bonchev–Trinajstić information content (AvgIpc) is 2.54. The first kappa shape index (κ1) is 16.0. The standard InChI is InChI=1S/C20H25NO2/c1-19(2)16(9-11-20(3)13-21-12-10-17(19)20)14-5-7-15(8-6-14)18(22)23-4/h5-10,21H,11-13H2,1-4H3. The molecule has 3 nitrogen and oxygen atoms in total. The van der Waals surface area contributed by atoms with Crippen LogP contribution in [0.5, 0.6) is 0 Å². The zero-order valence-electron chi connectivity index (χ0n) is 14.4. The smallest absolute Gasteiger partial charge is 0.337 e. The van der Waals surface area contributed by atoms with E-state index < -0.39 is 0 Å². The van der Waals surface area contributed by atoms with Gasteiger partial charge in [0.2, 0.25) is 0 Å². The lowest BCUT2D eigenvalue weighted by Gasteiger charge is -2.48. The summed E-state index contributed by atoms with van der Waals surface area (Å²) in [5.41, 5.74) is 4.86. The van der Waals surface area contributed by atoms with E-state index in [2.05, 4.69) is 38.2 Å². The normalized spacial score (nSPS) is 25.9. The van der Waals surface area contributed by atoms with Gasteiger partial charge in [0.15, 0.2) is 0 Å². The van der Waals surface area contributed by atoms with Crippen LogP contribution in [0, 0.1) is 10.8 Å². The van der Waals surface area contributed by atoms with Crippen molar-refractivity contribution in [2.45, 2.75) is 27.2 Å². The summed E-state index contributed by atoms with van der Waals surface area (Å²) >= 11 is 0. The SMILES string of the molecule is COC(=O)c1ccc(C2=CCC3(C)CNCC=C3C2(C)C)cc1. The maximum absolute atomic E-state index is 11.6. The van der Waals surface area contributed by atoms with Crippen LogP contribution < -0.4 is 5.32 Å². The molecule has 2 aliphatic rings. The Morgan fingerprint density at radius 2 is 1.83 bits per heavy atom. The van der Waals surface area contributed by atoms with Gasteiger partial charge >= 0.3 is 5.97 Å². The van der Waals surface area contributed by atoms with E-state index in [0.717, 1.165) is 19.5 Å². The van der Waals surface area contributed by atoms with E-state index in [1.165, 1.54) is 23.8 Å². The van der Waals surface area contributed by atoms with Crippen LogP contribution in [0.2, 0.25) is 0 Å². The number of fused-ring (bicyclic) bond motifs is 1. The second-order valence-corrected chi connectivity index (χ2v) is 7.33. The molecule has 0 fully saturated rings. The molecule has 0 amide bonds. The van der Waals surface area contributed by atoms with Crippen LogP contribution >= 0.6 is 0 Å². The lowest BCUT2D eigenvalue weighted by atomic mass is 9.58. The van der Waals surface area contributed by atoms with Gasteiger partial charge in [-0.05, 0) is 29.7 Å². The summed E-state index contributed by atoms with van der Waals surface area (Å²) in [5, 5.41) is 3.49. The predicted molar refractivity (Wildman–Crippen MR) is 93.2 cm³/mol. The molecule has 1 aromatic carbocycles. The van der Waals surface area contributed by atoms with Crippen molar-refractivity contribution in [2.75, 3.05) is 20.2 Å². The Labute approximate surface area is 138 Å². The molecule has 0 saturated heterocycles. The first-order chi connectivity index (χ1) is 10.9. The van der Waals surface area contributed by atoms with Crippen molar-refractivity contribution < 1.29 is 9.53 Å². The van der Waals surface area contributed by atoms with Gasteiger partial charge in [-0.1, -0.05) is 50.6 Å². The Hall–Kier alpha value is -1.87. The average molecular weight is 311 g/mol. The van der Waals surface area contributed by atoms with Crippen LogP contribution in [0.1, 0.15) is 43.1 Å². The van der Waals surface area contributed by atoms with Gasteiger partial charge in [0.05, 0.1) is 12.7 Å². The fourth-order valence-electron chi connectivity index (χ4n) is 4.17. The number of methoxy groups -OCH3 is 1. The Bertz CT molecular complexity index is 682. The minimum atomic E-state index is -0.290. The van der Waals surface area contributed by atoms with E-state index in [4.69, 9.17) is 4.74 Å². The van der Waals surface area contributed by atoms with Gasteiger partial charge in [-0.15, -0.1) is 0 Å².